The average Bonchev–Trinajstić information content (AvgIpc) is 3.66. The fourth-order valence-corrected chi connectivity index (χ4v) is 5.75. The molecule has 3 aromatic carbocycles. The van der Waals surface area contributed by atoms with Gasteiger partial charge in [0.05, 0.1) is 17.1 Å². The Morgan fingerprint density at radius 1 is 1.09 bits per heavy atom. The highest BCUT2D eigenvalue weighted by molar-refractivity contribution is 8.15. The molecule has 2 heterocycles. The molecule has 1 fully saturated rings. The van der Waals surface area contributed by atoms with Crippen LogP contribution in [0, 0.1) is 0 Å². The number of rotatable bonds is 10. The third kappa shape index (κ3) is 8.09. The third-order valence-corrected chi connectivity index (χ3v) is 8.15. The summed E-state index contributed by atoms with van der Waals surface area (Å²) in [5.74, 6) is 0.553. The molecule has 0 radical (unpaired) electrons. The van der Waals surface area contributed by atoms with Gasteiger partial charge in [0, 0.05) is 12.1 Å². The first-order valence-corrected chi connectivity index (χ1v) is 15.4. The second-order valence-electron chi connectivity index (χ2n) is 10.3. The standard InChI is InChI=1S/C32H31F3N6O3S/c1-3-22-8-4-5-9-27(22)41-28(42)19-45-31(41)38-30(43)36-18-6-7-21(2)23-10-12-24(13-11-23)29-37-20-40(39-29)25-14-16-26(17-15-25)44-32(33,34)35/h4-5,8-17,20-21H,3,6-7,18-19H2,1-2H3,(H,36,43). The van der Waals surface area contributed by atoms with Crippen molar-refractivity contribution in [2.75, 3.05) is 17.2 Å². The van der Waals surface area contributed by atoms with Gasteiger partial charge in [0.2, 0.25) is 5.91 Å². The van der Waals surface area contributed by atoms with E-state index in [4.69, 9.17) is 0 Å². The van der Waals surface area contributed by atoms with Crippen LogP contribution >= 0.6 is 11.8 Å². The van der Waals surface area contributed by atoms with E-state index >= 15 is 0 Å². The number of nitrogens with one attached hydrogen (secondary N) is 1. The van der Waals surface area contributed by atoms with Gasteiger partial charge in [-0.05, 0) is 66.6 Å². The van der Waals surface area contributed by atoms with E-state index in [0.717, 1.165) is 41.6 Å². The molecule has 1 aliphatic rings. The number of ether oxygens (including phenoxy) is 1. The molecule has 1 N–H and O–H groups in total. The quantitative estimate of drug-likeness (QED) is 0.186. The minimum Gasteiger partial charge on any atom is -0.406 e. The summed E-state index contributed by atoms with van der Waals surface area (Å²) in [7, 11) is 0. The lowest BCUT2D eigenvalue weighted by molar-refractivity contribution is -0.274. The van der Waals surface area contributed by atoms with E-state index in [0.29, 0.717) is 23.2 Å². The van der Waals surface area contributed by atoms with Crippen LogP contribution in [0.25, 0.3) is 17.1 Å². The van der Waals surface area contributed by atoms with E-state index in [1.54, 1.807) is 0 Å². The van der Waals surface area contributed by atoms with Crippen LogP contribution in [-0.2, 0) is 11.2 Å². The second-order valence-corrected chi connectivity index (χ2v) is 11.3. The molecule has 4 aromatic rings. The van der Waals surface area contributed by atoms with Crippen molar-refractivity contribution in [2.45, 2.75) is 45.4 Å². The lowest BCUT2D eigenvalue weighted by atomic mass is 9.95. The van der Waals surface area contributed by atoms with E-state index in [2.05, 4.69) is 32.1 Å². The number of amides is 3. The highest BCUT2D eigenvalue weighted by Crippen LogP contribution is 2.30. The van der Waals surface area contributed by atoms with Crippen molar-refractivity contribution < 1.29 is 27.5 Å². The molecule has 13 heteroatoms. The Labute approximate surface area is 262 Å². The van der Waals surface area contributed by atoms with Crippen LogP contribution in [0.15, 0.2) is 84.1 Å². The number of benzene rings is 3. The zero-order valence-corrected chi connectivity index (χ0v) is 25.4. The van der Waals surface area contributed by atoms with Crippen LogP contribution in [-0.4, -0.2) is 50.5 Å². The molecular formula is C32H31F3N6O3S. The number of hydrogen-bond donors (Lipinski definition) is 1. The zero-order chi connectivity index (χ0) is 32.0. The van der Waals surface area contributed by atoms with Gasteiger partial charge in [0.1, 0.15) is 12.1 Å². The normalized spacial score (nSPS) is 15.0. The number of amidine groups is 1. The van der Waals surface area contributed by atoms with Gasteiger partial charge in [-0.3, -0.25) is 9.69 Å². The lowest BCUT2D eigenvalue weighted by Gasteiger charge is -2.19. The van der Waals surface area contributed by atoms with E-state index in [1.807, 2.05) is 55.5 Å². The van der Waals surface area contributed by atoms with Gasteiger partial charge in [-0.1, -0.05) is 68.1 Å². The molecule has 0 spiro atoms. The van der Waals surface area contributed by atoms with Crippen LogP contribution in [0.5, 0.6) is 5.75 Å². The number of thioether (sulfide) groups is 1. The maximum atomic E-state index is 12.6. The maximum Gasteiger partial charge on any atom is 0.573 e. The first kappa shape index (κ1) is 31.8. The number of aryl methyl sites for hydroxylation is 1. The van der Waals surface area contributed by atoms with Crippen LogP contribution < -0.4 is 15.0 Å². The Morgan fingerprint density at radius 2 is 1.82 bits per heavy atom. The van der Waals surface area contributed by atoms with Crippen molar-refractivity contribution in [1.29, 1.82) is 0 Å². The fraction of sp³-hybridized carbons (Fsp3) is 0.281. The fourth-order valence-electron chi connectivity index (χ4n) is 4.89. The first-order chi connectivity index (χ1) is 21.6. The Hall–Kier alpha value is -4.65. The maximum absolute atomic E-state index is 12.6. The van der Waals surface area contributed by atoms with E-state index in [1.165, 1.54) is 51.9 Å². The summed E-state index contributed by atoms with van der Waals surface area (Å²) < 4.78 is 42.6. The van der Waals surface area contributed by atoms with Gasteiger partial charge < -0.3 is 10.1 Å². The molecule has 9 nitrogen and oxygen atoms in total. The minimum absolute atomic E-state index is 0.0930. The predicted molar refractivity (Wildman–Crippen MR) is 168 cm³/mol. The number of carbonyl (C=O) groups excluding carboxylic acids is 2. The molecule has 1 atom stereocenters. The van der Waals surface area contributed by atoms with Gasteiger partial charge in [0.15, 0.2) is 11.0 Å². The number of hydrogen-bond acceptors (Lipinski definition) is 6. The number of aromatic nitrogens is 3. The molecule has 234 valence electrons. The molecular weight excluding hydrogens is 605 g/mol. The van der Waals surface area contributed by atoms with Gasteiger partial charge >= 0.3 is 12.4 Å². The number of urea groups is 1. The van der Waals surface area contributed by atoms with Crippen molar-refractivity contribution >= 4 is 34.6 Å². The van der Waals surface area contributed by atoms with Crippen LogP contribution in [0.2, 0.25) is 0 Å². The number of carbonyl (C=O) groups is 2. The van der Waals surface area contributed by atoms with Crippen LogP contribution in [0.3, 0.4) is 0 Å². The first-order valence-electron chi connectivity index (χ1n) is 14.4. The van der Waals surface area contributed by atoms with E-state index in [-0.39, 0.29) is 23.3 Å². The summed E-state index contributed by atoms with van der Waals surface area (Å²) in [6, 6.07) is 20.4. The lowest BCUT2D eigenvalue weighted by Crippen LogP contribution is -2.32. The number of nitrogens with zero attached hydrogens (tertiary/aromatic N) is 5. The highest BCUT2D eigenvalue weighted by Gasteiger charge is 2.32. The van der Waals surface area contributed by atoms with Crippen molar-refractivity contribution in [3.05, 3.63) is 90.3 Å². The summed E-state index contributed by atoms with van der Waals surface area (Å²) in [4.78, 5) is 35.2. The number of alkyl halides is 3. The van der Waals surface area contributed by atoms with Gasteiger partial charge in [0.25, 0.3) is 0 Å². The van der Waals surface area contributed by atoms with E-state index < -0.39 is 12.4 Å². The summed E-state index contributed by atoms with van der Waals surface area (Å²) in [5.41, 5.74) is 4.24. The predicted octanol–water partition coefficient (Wildman–Crippen LogP) is 7.12. The number of anilines is 1. The average molecular weight is 637 g/mol. The Balaban J connectivity index is 1.11. The molecule has 5 rings (SSSR count). The Kier molecular flexibility index (Phi) is 9.87. The van der Waals surface area contributed by atoms with Crippen molar-refractivity contribution in [3.8, 4) is 22.8 Å². The molecule has 1 saturated heterocycles. The second kappa shape index (κ2) is 14.0. The van der Waals surface area contributed by atoms with Gasteiger partial charge in [-0.15, -0.1) is 18.3 Å². The van der Waals surface area contributed by atoms with Gasteiger partial charge in [-0.25, -0.2) is 14.5 Å². The highest BCUT2D eigenvalue weighted by atomic mass is 32.2. The third-order valence-electron chi connectivity index (χ3n) is 7.23. The van der Waals surface area contributed by atoms with Crippen LogP contribution in [0.1, 0.15) is 43.7 Å². The van der Waals surface area contributed by atoms with Crippen molar-refractivity contribution in [3.63, 3.8) is 0 Å². The summed E-state index contributed by atoms with van der Waals surface area (Å²) in [6.45, 7) is 4.58. The summed E-state index contributed by atoms with van der Waals surface area (Å²) >= 11 is 1.26. The topological polar surface area (TPSA) is 102 Å². The largest absolute Gasteiger partial charge is 0.573 e. The number of aliphatic imine (C=N–C) groups is 1. The smallest absolute Gasteiger partial charge is 0.406 e. The minimum atomic E-state index is -4.75. The zero-order valence-electron chi connectivity index (χ0n) is 24.6. The monoisotopic (exact) mass is 636 g/mol. The van der Waals surface area contributed by atoms with Crippen LogP contribution in [0.4, 0.5) is 23.7 Å². The molecule has 0 bridgehead atoms. The van der Waals surface area contributed by atoms with E-state index in [9.17, 15) is 22.8 Å². The van der Waals surface area contributed by atoms with Crippen molar-refractivity contribution in [2.24, 2.45) is 4.99 Å². The Bertz CT molecular complexity index is 1670. The summed E-state index contributed by atoms with van der Waals surface area (Å²) in [6.07, 6.45) is -0.918. The van der Waals surface area contributed by atoms with Crippen molar-refractivity contribution in [1.82, 2.24) is 20.1 Å². The molecule has 3 amide bonds. The SMILES string of the molecule is CCc1ccccc1N1C(=O)CSC1=NC(=O)NCCCC(C)c1ccc(-c2ncn(-c3ccc(OC(F)(F)F)cc3)n2)cc1. The molecule has 1 aliphatic heterocycles. The molecule has 0 aliphatic carbocycles. The summed E-state index contributed by atoms with van der Waals surface area (Å²) in [5, 5.41) is 7.67. The molecule has 1 aromatic heterocycles. The Morgan fingerprint density at radius 3 is 2.53 bits per heavy atom. The molecule has 0 saturated carbocycles. The molecule has 1 unspecified atom stereocenters. The number of para-hydroxylation sites is 1. The van der Waals surface area contributed by atoms with Gasteiger partial charge in [-0.2, -0.15) is 4.99 Å². The molecule has 45 heavy (non-hydrogen) atoms. The number of halogens is 3.